The van der Waals surface area contributed by atoms with Gasteiger partial charge in [0.15, 0.2) is 0 Å². The van der Waals surface area contributed by atoms with Gasteiger partial charge in [-0.3, -0.25) is 19.8 Å². The minimum Gasteiger partial charge on any atom is -0.489 e. The molecule has 1 saturated heterocycles. The quantitative estimate of drug-likeness (QED) is 0.273. The summed E-state index contributed by atoms with van der Waals surface area (Å²) in [6.45, 7) is 8.37. The molecule has 2 aromatic carbocycles. The number of carbonyl (C=O) groups is 3. The third-order valence-corrected chi connectivity index (χ3v) is 7.01. The average Bonchev–Trinajstić information content (AvgIpc) is 2.91. The summed E-state index contributed by atoms with van der Waals surface area (Å²) in [5, 5.41) is 13.2. The number of piperidine rings is 1. The Kier molecular flexibility index (Phi) is 9.12. The van der Waals surface area contributed by atoms with Crippen molar-refractivity contribution < 1.29 is 29.1 Å². The van der Waals surface area contributed by atoms with Crippen LogP contribution in [0, 0.1) is 6.92 Å². The molecule has 0 aliphatic carbocycles. The molecule has 1 aliphatic heterocycles. The molecular formula is C31H38N4O6. The van der Waals surface area contributed by atoms with E-state index < -0.39 is 23.1 Å². The second-order valence-electron chi connectivity index (χ2n) is 11.6. The number of rotatable bonds is 8. The molecule has 10 heteroatoms. The molecular weight excluding hydrogens is 524 g/mol. The largest absolute Gasteiger partial charge is 0.489 e. The molecule has 3 aromatic rings. The Balaban J connectivity index is 1.35. The van der Waals surface area contributed by atoms with Crippen molar-refractivity contribution in [1.29, 1.82) is 0 Å². The lowest BCUT2D eigenvalue weighted by molar-refractivity contribution is -0.132. The Morgan fingerprint density at radius 2 is 1.71 bits per heavy atom. The van der Waals surface area contributed by atoms with E-state index in [0.29, 0.717) is 38.3 Å². The standard InChI is InChI=1S/C31H38N4O6/c1-21-17-23(25-7-5-6-8-26(25)32-21)20-40-24-11-9-22(10-12-24)18-27(36)33-31(19-28(37)34-39)13-15-35(16-14-31)29(38)41-30(2,3)4/h5-12,17,39H,13-16,18-20H2,1-4H3,(H,33,36)(H,34,37). The molecule has 0 bridgehead atoms. The van der Waals surface area contributed by atoms with Gasteiger partial charge in [0.1, 0.15) is 18.0 Å². The molecule has 4 rings (SSSR count). The highest BCUT2D eigenvalue weighted by Crippen LogP contribution is 2.28. The first-order valence-electron chi connectivity index (χ1n) is 13.7. The number of hydrogen-bond acceptors (Lipinski definition) is 7. The van der Waals surface area contributed by atoms with Gasteiger partial charge in [0.25, 0.3) is 0 Å². The maximum Gasteiger partial charge on any atom is 0.410 e. The number of amides is 3. The maximum atomic E-state index is 13.1. The number of pyridine rings is 1. The Morgan fingerprint density at radius 3 is 2.37 bits per heavy atom. The zero-order valence-corrected chi connectivity index (χ0v) is 24.0. The second kappa shape index (κ2) is 12.6. The minimum absolute atomic E-state index is 0.104. The number of nitrogens with zero attached hydrogens (tertiary/aromatic N) is 2. The Labute approximate surface area is 240 Å². The fraction of sp³-hybridized carbons (Fsp3) is 0.419. The average molecular weight is 563 g/mol. The van der Waals surface area contributed by atoms with Gasteiger partial charge in [0, 0.05) is 29.7 Å². The molecule has 1 aliphatic rings. The van der Waals surface area contributed by atoms with Gasteiger partial charge in [-0.2, -0.15) is 0 Å². The van der Waals surface area contributed by atoms with Crippen LogP contribution in [0.5, 0.6) is 5.75 Å². The van der Waals surface area contributed by atoms with E-state index in [0.717, 1.165) is 27.7 Å². The predicted molar refractivity (Wildman–Crippen MR) is 153 cm³/mol. The molecule has 218 valence electrons. The summed E-state index contributed by atoms with van der Waals surface area (Å²) in [4.78, 5) is 43.8. The highest BCUT2D eigenvalue weighted by atomic mass is 16.6. The van der Waals surface area contributed by atoms with Crippen LogP contribution in [-0.4, -0.2) is 57.2 Å². The van der Waals surface area contributed by atoms with Crippen LogP contribution in [-0.2, 0) is 27.4 Å². The number of nitrogens with one attached hydrogen (secondary N) is 2. The summed E-state index contributed by atoms with van der Waals surface area (Å²) in [7, 11) is 0. The van der Waals surface area contributed by atoms with E-state index in [4.69, 9.17) is 14.7 Å². The van der Waals surface area contributed by atoms with Crippen molar-refractivity contribution in [3.63, 3.8) is 0 Å². The molecule has 0 spiro atoms. The molecule has 2 heterocycles. The molecule has 0 radical (unpaired) electrons. The summed E-state index contributed by atoms with van der Waals surface area (Å²) in [5.74, 6) is -0.179. The smallest absolute Gasteiger partial charge is 0.410 e. The van der Waals surface area contributed by atoms with E-state index in [9.17, 15) is 14.4 Å². The summed E-state index contributed by atoms with van der Waals surface area (Å²) in [5.41, 5.74) is 3.83. The van der Waals surface area contributed by atoms with Gasteiger partial charge in [-0.25, -0.2) is 10.3 Å². The van der Waals surface area contributed by atoms with Gasteiger partial charge in [-0.15, -0.1) is 0 Å². The number of likely N-dealkylation sites (tertiary alicyclic amines) is 1. The van der Waals surface area contributed by atoms with Crippen LogP contribution in [0.4, 0.5) is 4.79 Å². The van der Waals surface area contributed by atoms with Crippen molar-refractivity contribution in [2.45, 2.75) is 71.1 Å². The van der Waals surface area contributed by atoms with Crippen molar-refractivity contribution in [3.05, 3.63) is 71.4 Å². The molecule has 0 atom stereocenters. The lowest BCUT2D eigenvalue weighted by Crippen LogP contribution is -2.58. The first-order chi connectivity index (χ1) is 19.4. The van der Waals surface area contributed by atoms with Crippen LogP contribution in [0.2, 0.25) is 0 Å². The minimum atomic E-state index is -0.892. The van der Waals surface area contributed by atoms with E-state index in [1.165, 1.54) is 0 Å². The first kappa shape index (κ1) is 29.8. The van der Waals surface area contributed by atoms with Crippen LogP contribution in [0.3, 0.4) is 0 Å². The van der Waals surface area contributed by atoms with E-state index in [1.54, 1.807) is 31.2 Å². The molecule has 1 fully saturated rings. The number of hydrogen-bond donors (Lipinski definition) is 3. The van der Waals surface area contributed by atoms with Crippen molar-refractivity contribution in [3.8, 4) is 5.75 Å². The van der Waals surface area contributed by atoms with Gasteiger partial charge in [-0.05, 0) is 70.4 Å². The fourth-order valence-corrected chi connectivity index (χ4v) is 5.04. The number of aromatic nitrogens is 1. The van der Waals surface area contributed by atoms with Gasteiger partial charge in [0.2, 0.25) is 11.8 Å². The molecule has 3 N–H and O–H groups in total. The van der Waals surface area contributed by atoms with Crippen LogP contribution >= 0.6 is 0 Å². The first-order valence-corrected chi connectivity index (χ1v) is 13.7. The zero-order chi connectivity index (χ0) is 29.6. The molecule has 3 amide bonds. The van der Waals surface area contributed by atoms with Crippen molar-refractivity contribution >= 4 is 28.8 Å². The summed E-state index contributed by atoms with van der Waals surface area (Å²) >= 11 is 0. The van der Waals surface area contributed by atoms with Crippen molar-refractivity contribution in [2.24, 2.45) is 0 Å². The monoisotopic (exact) mass is 562 g/mol. The molecule has 0 saturated carbocycles. The molecule has 41 heavy (non-hydrogen) atoms. The number of fused-ring (bicyclic) bond motifs is 1. The van der Waals surface area contributed by atoms with E-state index in [1.807, 2.05) is 61.5 Å². The maximum absolute atomic E-state index is 13.1. The summed E-state index contributed by atoms with van der Waals surface area (Å²) in [6, 6.07) is 17.3. The second-order valence-corrected chi connectivity index (χ2v) is 11.6. The molecule has 0 unspecified atom stereocenters. The van der Waals surface area contributed by atoms with Crippen molar-refractivity contribution in [2.75, 3.05) is 13.1 Å². The Hall–Kier alpha value is -4.18. The zero-order valence-electron chi connectivity index (χ0n) is 24.0. The van der Waals surface area contributed by atoms with E-state index >= 15 is 0 Å². The Bertz CT molecular complexity index is 1390. The lowest BCUT2D eigenvalue weighted by Gasteiger charge is -2.42. The number of carbonyl (C=O) groups excluding carboxylic acids is 3. The third kappa shape index (κ3) is 8.17. The number of benzene rings is 2. The number of para-hydroxylation sites is 1. The highest BCUT2D eigenvalue weighted by molar-refractivity contribution is 5.83. The molecule has 10 nitrogen and oxygen atoms in total. The predicted octanol–water partition coefficient (Wildman–Crippen LogP) is 4.45. The van der Waals surface area contributed by atoms with Crippen LogP contribution in [0.15, 0.2) is 54.6 Å². The van der Waals surface area contributed by atoms with Crippen LogP contribution < -0.4 is 15.5 Å². The topological polar surface area (TPSA) is 130 Å². The van der Waals surface area contributed by atoms with E-state index in [2.05, 4.69) is 10.3 Å². The Morgan fingerprint density at radius 1 is 1.02 bits per heavy atom. The number of aryl methyl sites for hydroxylation is 1. The number of ether oxygens (including phenoxy) is 2. The van der Waals surface area contributed by atoms with Gasteiger partial charge >= 0.3 is 6.09 Å². The van der Waals surface area contributed by atoms with Crippen molar-refractivity contribution in [1.82, 2.24) is 20.7 Å². The fourth-order valence-electron chi connectivity index (χ4n) is 5.04. The summed E-state index contributed by atoms with van der Waals surface area (Å²) < 4.78 is 11.5. The van der Waals surface area contributed by atoms with Gasteiger partial charge in [0.05, 0.1) is 23.9 Å². The third-order valence-electron chi connectivity index (χ3n) is 7.01. The SMILES string of the molecule is Cc1cc(COc2ccc(CC(=O)NC3(CC(=O)NO)CCN(C(=O)OC(C)(C)C)CC3)cc2)c2ccccc2n1. The van der Waals surface area contributed by atoms with Gasteiger partial charge in [-0.1, -0.05) is 30.3 Å². The van der Waals surface area contributed by atoms with Gasteiger partial charge < -0.3 is 19.7 Å². The number of hydroxylamine groups is 1. The molecule has 1 aromatic heterocycles. The van der Waals surface area contributed by atoms with Crippen LogP contribution in [0.25, 0.3) is 10.9 Å². The van der Waals surface area contributed by atoms with E-state index in [-0.39, 0.29) is 18.7 Å². The normalized spacial score (nSPS) is 14.8. The lowest BCUT2D eigenvalue weighted by atomic mass is 9.83. The summed E-state index contributed by atoms with van der Waals surface area (Å²) in [6.07, 6.45) is 0.265. The van der Waals surface area contributed by atoms with Crippen LogP contribution in [0.1, 0.15) is 56.9 Å². The highest BCUT2D eigenvalue weighted by Gasteiger charge is 2.40.